The molecule has 0 saturated carbocycles. The van der Waals surface area contributed by atoms with E-state index in [-0.39, 0.29) is 11.8 Å². The van der Waals surface area contributed by atoms with Gasteiger partial charge < -0.3 is 0 Å². The van der Waals surface area contributed by atoms with Gasteiger partial charge in [0.2, 0.25) is 0 Å². The molecule has 4 nitrogen and oxygen atoms in total. The van der Waals surface area contributed by atoms with Crippen LogP contribution in [0.1, 0.15) is 0 Å². The van der Waals surface area contributed by atoms with E-state index in [2.05, 4.69) is 0 Å². The van der Waals surface area contributed by atoms with Crippen molar-refractivity contribution in [3.8, 4) is 0 Å². The minimum atomic E-state index is -0.309. The van der Waals surface area contributed by atoms with E-state index in [0.717, 1.165) is 0 Å². The molecular weight excluding hydrogens is 140 g/mol. The van der Waals surface area contributed by atoms with Crippen molar-refractivity contribution in [2.24, 2.45) is 5.84 Å². The fourth-order valence-electron chi connectivity index (χ4n) is 0.504. The molecule has 50 valence electrons. The third kappa shape index (κ3) is 1.22. The molecule has 0 radical (unpaired) electrons. The largest absolute Gasteiger partial charge is 0.272 e. The summed E-state index contributed by atoms with van der Waals surface area (Å²) >= 11 is 1.29. The van der Waals surface area contributed by atoms with Gasteiger partial charge in [0, 0.05) is 0 Å². The summed E-state index contributed by atoms with van der Waals surface area (Å²) in [5.74, 6) is 5.07. The molecule has 1 aliphatic heterocycles. The number of carbonyl (C=O) groups is 2. The lowest BCUT2D eigenvalue weighted by Gasteiger charge is -2.18. The molecule has 0 spiro atoms. The third-order valence-electron chi connectivity index (χ3n) is 0.988. The topological polar surface area (TPSA) is 63.4 Å². The second kappa shape index (κ2) is 2.36. The van der Waals surface area contributed by atoms with E-state index in [9.17, 15) is 9.59 Å². The molecule has 1 aliphatic rings. The lowest BCUT2D eigenvalue weighted by molar-refractivity contribution is -0.142. The highest BCUT2D eigenvalue weighted by atomic mass is 32.2. The monoisotopic (exact) mass is 146 g/mol. The fraction of sp³-hybridized carbons (Fsp3) is 0.500. The van der Waals surface area contributed by atoms with E-state index >= 15 is 0 Å². The average molecular weight is 146 g/mol. The summed E-state index contributed by atoms with van der Waals surface area (Å²) < 4.78 is 0. The Bertz CT molecular complexity index is 143. The first-order valence-corrected chi connectivity index (χ1v) is 3.55. The van der Waals surface area contributed by atoms with Crippen molar-refractivity contribution in [2.45, 2.75) is 0 Å². The van der Waals surface area contributed by atoms with Gasteiger partial charge in [0.1, 0.15) is 0 Å². The molecule has 0 aromatic carbocycles. The van der Waals surface area contributed by atoms with Crippen molar-refractivity contribution in [3.05, 3.63) is 0 Å². The van der Waals surface area contributed by atoms with Gasteiger partial charge in [0.05, 0.1) is 11.5 Å². The average Bonchev–Trinajstić information content (AvgIpc) is 1.83. The van der Waals surface area contributed by atoms with Gasteiger partial charge in [-0.15, -0.1) is 11.8 Å². The van der Waals surface area contributed by atoms with E-state index < -0.39 is 0 Å². The van der Waals surface area contributed by atoms with Crippen molar-refractivity contribution in [1.82, 2.24) is 5.01 Å². The second-order valence-electron chi connectivity index (χ2n) is 1.65. The molecule has 0 unspecified atom stereocenters. The third-order valence-corrected chi connectivity index (χ3v) is 1.89. The highest BCUT2D eigenvalue weighted by molar-refractivity contribution is 8.00. The number of amides is 2. The van der Waals surface area contributed by atoms with Crippen molar-refractivity contribution >= 4 is 23.6 Å². The summed E-state index contributed by atoms with van der Waals surface area (Å²) in [4.78, 5) is 21.1. The van der Waals surface area contributed by atoms with Crippen molar-refractivity contribution in [2.75, 3.05) is 11.5 Å². The number of hydrazine groups is 1. The zero-order chi connectivity index (χ0) is 6.85. The van der Waals surface area contributed by atoms with Crippen LogP contribution in [0.25, 0.3) is 0 Å². The van der Waals surface area contributed by atoms with Crippen LogP contribution < -0.4 is 5.84 Å². The van der Waals surface area contributed by atoms with E-state index in [0.29, 0.717) is 16.5 Å². The maximum absolute atomic E-state index is 10.6. The Morgan fingerprint density at radius 1 is 1.33 bits per heavy atom. The summed E-state index contributed by atoms with van der Waals surface area (Å²) in [5.41, 5.74) is 0. The lowest BCUT2D eigenvalue weighted by atomic mass is 10.6. The molecule has 0 aromatic rings. The Kier molecular flexibility index (Phi) is 1.73. The predicted octanol–water partition coefficient (Wildman–Crippen LogP) is -1.04. The van der Waals surface area contributed by atoms with Gasteiger partial charge in [-0.3, -0.25) is 9.59 Å². The number of hydrogen-bond acceptors (Lipinski definition) is 4. The van der Waals surface area contributed by atoms with Crippen molar-refractivity contribution in [3.63, 3.8) is 0 Å². The minimum absolute atomic E-state index is 0.309. The molecular formula is C4H6N2O2S. The van der Waals surface area contributed by atoms with Gasteiger partial charge in [-0.05, 0) is 0 Å². The Morgan fingerprint density at radius 2 is 1.78 bits per heavy atom. The smallest absolute Gasteiger partial charge is 0.253 e. The zero-order valence-electron chi connectivity index (χ0n) is 4.66. The number of nitrogens with two attached hydrogens (primary N) is 1. The molecule has 2 N–H and O–H groups in total. The van der Waals surface area contributed by atoms with Gasteiger partial charge >= 0.3 is 0 Å². The molecule has 0 bridgehead atoms. The van der Waals surface area contributed by atoms with Gasteiger partial charge in [0.15, 0.2) is 0 Å². The first kappa shape index (κ1) is 6.57. The molecule has 0 aliphatic carbocycles. The zero-order valence-corrected chi connectivity index (χ0v) is 5.48. The van der Waals surface area contributed by atoms with Crippen LogP contribution >= 0.6 is 11.8 Å². The molecule has 0 atom stereocenters. The number of hydrogen-bond donors (Lipinski definition) is 1. The molecule has 1 fully saturated rings. The lowest BCUT2D eigenvalue weighted by Crippen LogP contribution is -2.47. The molecule has 9 heavy (non-hydrogen) atoms. The molecule has 5 heteroatoms. The predicted molar refractivity (Wildman–Crippen MR) is 33.4 cm³/mol. The van der Waals surface area contributed by atoms with Crippen LogP contribution in [0.4, 0.5) is 0 Å². The van der Waals surface area contributed by atoms with Crippen molar-refractivity contribution in [1.29, 1.82) is 0 Å². The number of thioether (sulfide) groups is 1. The number of carbonyl (C=O) groups excluding carboxylic acids is 2. The van der Waals surface area contributed by atoms with Crippen LogP contribution in [0.15, 0.2) is 0 Å². The van der Waals surface area contributed by atoms with Crippen molar-refractivity contribution < 1.29 is 9.59 Å². The second-order valence-corrected chi connectivity index (χ2v) is 2.64. The van der Waals surface area contributed by atoms with Gasteiger partial charge in [-0.2, -0.15) is 0 Å². The highest BCUT2D eigenvalue weighted by Gasteiger charge is 2.22. The van der Waals surface area contributed by atoms with Gasteiger partial charge in [-0.25, -0.2) is 10.9 Å². The highest BCUT2D eigenvalue weighted by Crippen LogP contribution is 2.07. The number of imide groups is 1. The van der Waals surface area contributed by atoms with Crippen LogP contribution in [-0.4, -0.2) is 28.3 Å². The van der Waals surface area contributed by atoms with Gasteiger partial charge in [0.25, 0.3) is 11.8 Å². The van der Waals surface area contributed by atoms with E-state index in [4.69, 9.17) is 5.84 Å². The maximum Gasteiger partial charge on any atom is 0.253 e. The molecule has 0 aromatic heterocycles. The standard InChI is InChI=1S/C4H6N2O2S/c5-6-3(7)1-9-2-4(6)8/h1-2,5H2. The first-order valence-electron chi connectivity index (χ1n) is 2.40. The van der Waals surface area contributed by atoms with Crippen LogP contribution in [0.3, 0.4) is 0 Å². The minimum Gasteiger partial charge on any atom is -0.272 e. The Balaban J connectivity index is 2.62. The molecule has 1 rings (SSSR count). The number of rotatable bonds is 0. The fourth-order valence-corrected chi connectivity index (χ4v) is 1.23. The maximum atomic E-state index is 10.6. The van der Waals surface area contributed by atoms with E-state index in [1.54, 1.807) is 0 Å². The number of nitrogens with zero attached hydrogens (tertiary/aromatic N) is 1. The summed E-state index contributed by atoms with van der Waals surface area (Å²) in [6, 6.07) is 0. The molecule has 1 heterocycles. The van der Waals surface area contributed by atoms with Crippen LogP contribution in [0.5, 0.6) is 0 Å². The van der Waals surface area contributed by atoms with Crippen LogP contribution in [-0.2, 0) is 9.59 Å². The van der Waals surface area contributed by atoms with E-state index in [1.807, 2.05) is 0 Å². The molecule has 2 amide bonds. The van der Waals surface area contributed by atoms with E-state index in [1.165, 1.54) is 11.8 Å². The Hall–Kier alpha value is -0.550. The van der Waals surface area contributed by atoms with Gasteiger partial charge in [-0.1, -0.05) is 0 Å². The van der Waals surface area contributed by atoms with Crippen LogP contribution in [0.2, 0.25) is 0 Å². The normalized spacial score (nSPS) is 20.8. The summed E-state index contributed by atoms with van der Waals surface area (Å²) in [5, 5.41) is 0.677. The quantitative estimate of drug-likeness (QED) is 0.269. The summed E-state index contributed by atoms with van der Waals surface area (Å²) in [7, 11) is 0. The Morgan fingerprint density at radius 3 is 2.11 bits per heavy atom. The molecule has 1 saturated heterocycles. The van der Waals surface area contributed by atoms with Crippen LogP contribution in [0, 0.1) is 0 Å². The first-order chi connectivity index (χ1) is 4.22. The Labute approximate surface area is 56.3 Å². The SMILES string of the molecule is NN1C(=O)CSCC1=O. The summed E-state index contributed by atoms with van der Waals surface area (Å²) in [6.45, 7) is 0. The summed E-state index contributed by atoms with van der Waals surface area (Å²) in [6.07, 6.45) is 0.